The number of benzene rings is 2. The summed E-state index contributed by atoms with van der Waals surface area (Å²) >= 11 is 0. The molecule has 0 bridgehead atoms. The molecule has 0 aliphatic heterocycles. The number of nitrogens with one attached hydrogen (secondary N) is 1. The van der Waals surface area contributed by atoms with Crippen molar-refractivity contribution in [3.8, 4) is 5.75 Å². The van der Waals surface area contributed by atoms with Crippen molar-refractivity contribution in [2.45, 2.75) is 38.3 Å². The first-order chi connectivity index (χ1) is 15.5. The Morgan fingerprint density at radius 2 is 1.91 bits per heavy atom. The number of carboxylic acids is 1. The number of hydrogen-bond acceptors (Lipinski definition) is 4. The average Bonchev–Trinajstić information content (AvgIpc) is 3.31. The zero-order valence-electron chi connectivity index (χ0n) is 17.9. The first kappa shape index (κ1) is 21.6. The number of amides is 1. The molecule has 166 valence electrons. The van der Waals surface area contributed by atoms with Crippen LogP contribution in [-0.4, -0.2) is 28.7 Å². The Morgan fingerprint density at radius 3 is 2.62 bits per heavy atom. The van der Waals surface area contributed by atoms with Gasteiger partial charge in [-0.1, -0.05) is 31.0 Å². The standard InChI is InChI=1S/C25H26N2O5/c1-32-22-15-17(25(30)31)10-11-19(22)24(26-23(29)14-16-6-2-3-7-16)27-13-12-21(28)18-8-4-5-9-20(18)27/h4-5,8-13,15-16,24H,2-3,6-7,14H2,1H3,(H,26,29)(H,30,31). The van der Waals surface area contributed by atoms with Crippen LogP contribution in [0.2, 0.25) is 0 Å². The third-order valence-corrected chi connectivity index (χ3v) is 6.13. The molecule has 32 heavy (non-hydrogen) atoms. The van der Waals surface area contributed by atoms with Crippen LogP contribution in [0.15, 0.2) is 59.5 Å². The lowest BCUT2D eigenvalue weighted by Gasteiger charge is -2.26. The minimum Gasteiger partial charge on any atom is -0.496 e. The molecular weight excluding hydrogens is 408 g/mol. The third-order valence-electron chi connectivity index (χ3n) is 6.13. The van der Waals surface area contributed by atoms with E-state index in [0.29, 0.717) is 34.6 Å². The number of pyridine rings is 1. The molecule has 1 unspecified atom stereocenters. The van der Waals surface area contributed by atoms with Crippen LogP contribution in [0.3, 0.4) is 0 Å². The Morgan fingerprint density at radius 1 is 1.16 bits per heavy atom. The van der Waals surface area contributed by atoms with E-state index < -0.39 is 12.1 Å². The number of nitrogens with zero attached hydrogens (tertiary/aromatic N) is 1. The molecule has 1 saturated carbocycles. The van der Waals surface area contributed by atoms with Crippen LogP contribution in [0.25, 0.3) is 10.9 Å². The number of carbonyl (C=O) groups is 2. The lowest BCUT2D eigenvalue weighted by molar-refractivity contribution is -0.122. The molecule has 0 spiro atoms. The number of ether oxygens (including phenoxy) is 1. The molecule has 2 N–H and O–H groups in total. The van der Waals surface area contributed by atoms with E-state index in [4.69, 9.17) is 4.74 Å². The molecule has 3 aromatic rings. The van der Waals surface area contributed by atoms with Crippen LogP contribution >= 0.6 is 0 Å². The molecule has 7 nitrogen and oxygen atoms in total. The van der Waals surface area contributed by atoms with Crippen molar-refractivity contribution in [2.24, 2.45) is 5.92 Å². The second-order valence-electron chi connectivity index (χ2n) is 8.19. The molecule has 0 radical (unpaired) electrons. The molecule has 1 fully saturated rings. The fourth-order valence-electron chi connectivity index (χ4n) is 4.51. The third kappa shape index (κ3) is 4.37. The molecule has 1 aliphatic rings. The molecule has 1 heterocycles. The molecular formula is C25H26N2O5. The lowest BCUT2D eigenvalue weighted by atomic mass is 10.0. The molecule has 1 aliphatic carbocycles. The fourth-order valence-corrected chi connectivity index (χ4v) is 4.51. The summed E-state index contributed by atoms with van der Waals surface area (Å²) in [7, 11) is 1.46. The van der Waals surface area contributed by atoms with E-state index in [1.807, 2.05) is 16.7 Å². The fraction of sp³-hybridized carbons (Fsp3) is 0.320. The summed E-state index contributed by atoms with van der Waals surface area (Å²) in [5.41, 5.74) is 1.24. The Kier molecular flexibility index (Phi) is 6.25. The van der Waals surface area contributed by atoms with Gasteiger partial charge in [0.15, 0.2) is 5.43 Å². The second kappa shape index (κ2) is 9.26. The van der Waals surface area contributed by atoms with E-state index >= 15 is 0 Å². The van der Waals surface area contributed by atoms with Crippen molar-refractivity contribution in [3.63, 3.8) is 0 Å². The number of carboxylic acid groups (broad SMARTS) is 1. The van der Waals surface area contributed by atoms with E-state index in [-0.39, 0.29) is 16.9 Å². The summed E-state index contributed by atoms with van der Waals surface area (Å²) in [5.74, 6) is -0.434. The molecule has 7 heteroatoms. The molecule has 1 atom stereocenters. The largest absolute Gasteiger partial charge is 0.496 e. The maximum atomic E-state index is 13.0. The summed E-state index contributed by atoms with van der Waals surface area (Å²) in [6.07, 6.45) is 5.81. The summed E-state index contributed by atoms with van der Waals surface area (Å²) in [6.45, 7) is 0. The van der Waals surface area contributed by atoms with Gasteiger partial charge in [-0.2, -0.15) is 0 Å². The summed E-state index contributed by atoms with van der Waals surface area (Å²) in [4.78, 5) is 36.8. The van der Waals surface area contributed by atoms with Crippen LogP contribution in [0.4, 0.5) is 0 Å². The van der Waals surface area contributed by atoms with Crippen molar-refractivity contribution in [3.05, 3.63) is 76.1 Å². The number of methoxy groups -OCH3 is 1. The molecule has 1 amide bonds. The van der Waals surface area contributed by atoms with Gasteiger partial charge >= 0.3 is 5.97 Å². The first-order valence-corrected chi connectivity index (χ1v) is 10.8. The predicted molar refractivity (Wildman–Crippen MR) is 121 cm³/mol. The molecule has 0 saturated heterocycles. The van der Waals surface area contributed by atoms with Crippen molar-refractivity contribution >= 4 is 22.8 Å². The van der Waals surface area contributed by atoms with Crippen LogP contribution in [0.5, 0.6) is 5.75 Å². The smallest absolute Gasteiger partial charge is 0.335 e. The van der Waals surface area contributed by atoms with Crippen molar-refractivity contribution in [1.29, 1.82) is 0 Å². The summed E-state index contributed by atoms with van der Waals surface area (Å²) < 4.78 is 7.32. The average molecular weight is 434 g/mol. The minimum atomic E-state index is -1.06. The number of rotatable bonds is 7. The van der Waals surface area contributed by atoms with Gasteiger partial charge in [-0.3, -0.25) is 9.59 Å². The first-order valence-electron chi connectivity index (χ1n) is 10.8. The van der Waals surface area contributed by atoms with Crippen LogP contribution in [0, 0.1) is 5.92 Å². The maximum Gasteiger partial charge on any atom is 0.335 e. The zero-order chi connectivity index (χ0) is 22.7. The zero-order valence-corrected chi connectivity index (χ0v) is 17.9. The summed E-state index contributed by atoms with van der Waals surface area (Å²) in [5, 5.41) is 13.0. The highest BCUT2D eigenvalue weighted by molar-refractivity contribution is 5.88. The van der Waals surface area contributed by atoms with Gasteiger partial charge in [-0.05, 0) is 43.0 Å². The topological polar surface area (TPSA) is 97.6 Å². The minimum absolute atomic E-state index is 0.0888. The Bertz CT molecular complexity index is 1210. The van der Waals surface area contributed by atoms with Gasteiger partial charge < -0.3 is 19.7 Å². The van der Waals surface area contributed by atoms with E-state index in [1.165, 1.54) is 25.3 Å². The highest BCUT2D eigenvalue weighted by Gasteiger charge is 2.25. The molecule has 1 aromatic heterocycles. The number of aromatic nitrogens is 1. The number of aromatic carboxylic acids is 1. The van der Waals surface area contributed by atoms with Crippen LogP contribution in [0.1, 0.15) is 54.2 Å². The Balaban J connectivity index is 1.81. The number of carbonyl (C=O) groups excluding carboxylic acids is 1. The van der Waals surface area contributed by atoms with Crippen LogP contribution < -0.4 is 15.5 Å². The number of fused-ring (bicyclic) bond motifs is 1. The number of hydrogen-bond donors (Lipinski definition) is 2. The lowest BCUT2D eigenvalue weighted by Crippen LogP contribution is -2.35. The van der Waals surface area contributed by atoms with Crippen LogP contribution in [-0.2, 0) is 4.79 Å². The second-order valence-corrected chi connectivity index (χ2v) is 8.19. The van der Waals surface area contributed by atoms with Gasteiger partial charge in [0, 0.05) is 29.6 Å². The quantitative estimate of drug-likeness (QED) is 0.587. The monoisotopic (exact) mass is 434 g/mol. The predicted octanol–water partition coefficient (Wildman–Crippen LogP) is 3.95. The van der Waals surface area contributed by atoms with Crippen molar-refractivity contribution in [2.75, 3.05) is 7.11 Å². The normalized spacial score (nSPS) is 14.9. The van der Waals surface area contributed by atoms with Gasteiger partial charge in [0.1, 0.15) is 11.9 Å². The van der Waals surface area contributed by atoms with Gasteiger partial charge in [0.2, 0.25) is 5.91 Å². The molecule has 2 aromatic carbocycles. The maximum absolute atomic E-state index is 13.0. The Labute approximate surface area is 185 Å². The van der Waals surface area contributed by atoms with Gasteiger partial charge in [0.05, 0.1) is 18.2 Å². The Hall–Kier alpha value is -3.61. The number of para-hydroxylation sites is 1. The van der Waals surface area contributed by atoms with E-state index in [1.54, 1.807) is 24.4 Å². The summed E-state index contributed by atoms with van der Waals surface area (Å²) in [6, 6.07) is 13.2. The van der Waals surface area contributed by atoms with E-state index in [9.17, 15) is 19.5 Å². The van der Waals surface area contributed by atoms with Gasteiger partial charge in [-0.15, -0.1) is 0 Å². The SMILES string of the molecule is COc1cc(C(=O)O)ccc1C(NC(=O)CC1CCCC1)n1ccc(=O)c2ccccc21. The highest BCUT2D eigenvalue weighted by Crippen LogP contribution is 2.31. The van der Waals surface area contributed by atoms with E-state index in [2.05, 4.69) is 5.32 Å². The van der Waals surface area contributed by atoms with Crippen molar-refractivity contribution < 1.29 is 19.4 Å². The highest BCUT2D eigenvalue weighted by atomic mass is 16.5. The van der Waals surface area contributed by atoms with Gasteiger partial charge in [-0.25, -0.2) is 4.79 Å². The molecule has 4 rings (SSSR count). The van der Waals surface area contributed by atoms with Crippen molar-refractivity contribution in [1.82, 2.24) is 9.88 Å². The van der Waals surface area contributed by atoms with E-state index in [0.717, 1.165) is 25.7 Å². The van der Waals surface area contributed by atoms with Gasteiger partial charge in [0.25, 0.3) is 0 Å².